The maximum atomic E-state index is 12.8. The smallest absolute Gasteiger partial charge is 0.306 e. The quantitative estimate of drug-likeness (QED) is 0.0409. The molecular formula is C43H74B2O6. The number of fused-ring (bicyclic) bond motifs is 5. The van der Waals surface area contributed by atoms with Crippen LogP contribution in [0.4, 0.5) is 0 Å². The van der Waals surface area contributed by atoms with Crippen molar-refractivity contribution < 1.29 is 28.3 Å². The number of carbonyl (C=O) groups excluding carboxylic acids is 1. The fraction of sp³-hybridized carbons (Fsp3) is 0.837. The average molecular weight is 709 g/mol. The lowest BCUT2D eigenvalue weighted by atomic mass is 9.47. The van der Waals surface area contributed by atoms with Crippen LogP contribution in [-0.2, 0) is 28.3 Å². The summed E-state index contributed by atoms with van der Waals surface area (Å²) in [5.74, 6) is 2.22. The first-order valence-corrected chi connectivity index (χ1v) is 21.2. The van der Waals surface area contributed by atoms with Crippen molar-refractivity contribution in [3.63, 3.8) is 0 Å². The van der Waals surface area contributed by atoms with E-state index in [0.717, 1.165) is 57.0 Å². The zero-order valence-electron chi connectivity index (χ0n) is 33.5. The topological polar surface area (TPSA) is 63.2 Å². The van der Waals surface area contributed by atoms with Crippen LogP contribution in [0.1, 0.15) is 156 Å². The largest absolute Gasteiger partial charge is 0.462 e. The highest BCUT2D eigenvalue weighted by Gasteiger charge is 2.60. The van der Waals surface area contributed by atoms with Gasteiger partial charge in [0.1, 0.15) is 6.10 Å². The molecule has 0 aliphatic heterocycles. The van der Waals surface area contributed by atoms with Gasteiger partial charge in [0.2, 0.25) is 0 Å². The molecule has 0 amide bonds. The summed E-state index contributed by atoms with van der Waals surface area (Å²) in [4.78, 5) is 12.8. The van der Waals surface area contributed by atoms with Gasteiger partial charge in [-0.25, -0.2) is 0 Å². The SMILES string of the molecule is BOCC(COCCCCCCCCC/C=C\C(C=C)OC1C=C2CC[C@H]3[C@@H]4CC[C@H](OC(=O)CCCCCC)[C@@]4(C)CC[C@@H]3[C@@]2(C)CC1)OB. The Morgan fingerprint density at radius 3 is 2.43 bits per heavy atom. The van der Waals surface area contributed by atoms with Gasteiger partial charge in [-0.2, -0.15) is 0 Å². The number of allylic oxidation sites excluding steroid dienone is 2. The lowest BCUT2D eigenvalue weighted by Crippen LogP contribution is -2.52. The van der Waals surface area contributed by atoms with E-state index >= 15 is 0 Å². The van der Waals surface area contributed by atoms with E-state index in [1.165, 1.54) is 89.9 Å². The first-order valence-electron chi connectivity index (χ1n) is 21.2. The molecule has 51 heavy (non-hydrogen) atoms. The van der Waals surface area contributed by atoms with Gasteiger partial charge in [-0.3, -0.25) is 4.79 Å². The van der Waals surface area contributed by atoms with Crippen molar-refractivity contribution in [2.24, 2.45) is 28.6 Å². The normalized spacial score (nSPS) is 31.4. The third-order valence-electron chi connectivity index (χ3n) is 13.5. The van der Waals surface area contributed by atoms with Gasteiger partial charge in [-0.1, -0.05) is 102 Å². The summed E-state index contributed by atoms with van der Waals surface area (Å²) in [7, 11) is 3.40. The third kappa shape index (κ3) is 12.1. The van der Waals surface area contributed by atoms with Crippen molar-refractivity contribution in [1.29, 1.82) is 0 Å². The minimum Gasteiger partial charge on any atom is -0.462 e. The number of unbranched alkanes of at least 4 members (excludes halogenated alkanes) is 10. The number of hydrogen-bond donors (Lipinski definition) is 0. The summed E-state index contributed by atoms with van der Waals surface area (Å²) in [5, 5.41) is 0. The molecule has 0 bridgehead atoms. The van der Waals surface area contributed by atoms with Crippen LogP contribution in [0.25, 0.3) is 0 Å². The summed E-state index contributed by atoms with van der Waals surface area (Å²) < 4.78 is 29.1. The van der Waals surface area contributed by atoms with E-state index in [1.54, 1.807) is 21.7 Å². The fourth-order valence-electron chi connectivity index (χ4n) is 10.4. The second kappa shape index (κ2) is 22.1. The Morgan fingerprint density at radius 2 is 1.69 bits per heavy atom. The highest BCUT2D eigenvalue weighted by molar-refractivity contribution is 5.98. The molecule has 3 saturated carbocycles. The molecule has 6 nitrogen and oxygen atoms in total. The number of ether oxygens (including phenoxy) is 3. The zero-order chi connectivity index (χ0) is 36.5. The van der Waals surface area contributed by atoms with E-state index in [-0.39, 0.29) is 41.2 Å². The minimum atomic E-state index is -0.0244. The Kier molecular flexibility index (Phi) is 18.4. The van der Waals surface area contributed by atoms with E-state index in [1.807, 2.05) is 6.08 Å². The van der Waals surface area contributed by atoms with Gasteiger partial charge >= 0.3 is 5.97 Å². The molecule has 3 unspecified atom stereocenters. The summed E-state index contributed by atoms with van der Waals surface area (Å²) in [5.41, 5.74) is 2.08. The van der Waals surface area contributed by atoms with Gasteiger partial charge in [0, 0.05) is 18.4 Å². The van der Waals surface area contributed by atoms with Crippen molar-refractivity contribution in [3.8, 4) is 0 Å². The molecule has 4 aliphatic carbocycles. The van der Waals surface area contributed by atoms with Gasteiger partial charge in [-0.05, 0) is 100 Å². The number of carbonyl (C=O) groups is 1. The molecule has 0 heterocycles. The van der Waals surface area contributed by atoms with Gasteiger partial charge in [0.25, 0.3) is 16.1 Å². The molecule has 0 aromatic carbocycles. The Hall–Kier alpha value is -1.34. The van der Waals surface area contributed by atoms with E-state index in [4.69, 9.17) is 23.5 Å². The van der Waals surface area contributed by atoms with Crippen LogP contribution in [0.3, 0.4) is 0 Å². The van der Waals surface area contributed by atoms with Crippen molar-refractivity contribution in [2.75, 3.05) is 19.8 Å². The van der Waals surface area contributed by atoms with Crippen molar-refractivity contribution >= 4 is 22.1 Å². The predicted molar refractivity (Wildman–Crippen MR) is 214 cm³/mol. The molecule has 0 spiro atoms. The molecule has 4 aliphatic rings. The summed E-state index contributed by atoms with van der Waals surface area (Å²) >= 11 is 0. The van der Waals surface area contributed by atoms with E-state index in [2.05, 4.69) is 45.6 Å². The predicted octanol–water partition coefficient (Wildman–Crippen LogP) is 8.96. The summed E-state index contributed by atoms with van der Waals surface area (Å²) in [6, 6.07) is 0. The summed E-state index contributed by atoms with van der Waals surface area (Å²) in [6.45, 7) is 13.3. The van der Waals surface area contributed by atoms with Crippen molar-refractivity contribution in [3.05, 3.63) is 36.5 Å². The van der Waals surface area contributed by atoms with Crippen LogP contribution in [0.2, 0.25) is 0 Å². The van der Waals surface area contributed by atoms with Crippen LogP contribution < -0.4 is 0 Å². The molecule has 3 fully saturated rings. The molecule has 288 valence electrons. The molecular weight excluding hydrogens is 634 g/mol. The van der Waals surface area contributed by atoms with E-state index < -0.39 is 0 Å². The third-order valence-corrected chi connectivity index (χ3v) is 13.5. The van der Waals surface area contributed by atoms with Gasteiger partial charge in [0.15, 0.2) is 0 Å². The second-order valence-electron chi connectivity index (χ2n) is 16.9. The first-order chi connectivity index (χ1) is 24.8. The molecule has 9 atom stereocenters. The lowest BCUT2D eigenvalue weighted by molar-refractivity contribution is -0.160. The summed E-state index contributed by atoms with van der Waals surface area (Å²) in [6.07, 6.45) is 33.8. The van der Waals surface area contributed by atoms with Crippen molar-refractivity contribution in [1.82, 2.24) is 0 Å². The maximum absolute atomic E-state index is 12.8. The molecule has 8 heteroatoms. The minimum absolute atomic E-state index is 0.0244. The Balaban J connectivity index is 1.13. The lowest BCUT2D eigenvalue weighted by Gasteiger charge is -2.58. The van der Waals surface area contributed by atoms with Gasteiger partial charge in [-0.15, -0.1) is 6.58 Å². The number of rotatable bonds is 25. The van der Waals surface area contributed by atoms with Crippen LogP contribution in [0.5, 0.6) is 0 Å². The van der Waals surface area contributed by atoms with E-state index in [0.29, 0.717) is 25.6 Å². The maximum Gasteiger partial charge on any atom is 0.306 e. The Labute approximate surface area is 314 Å². The van der Waals surface area contributed by atoms with Crippen molar-refractivity contribution in [2.45, 2.75) is 180 Å². The highest BCUT2D eigenvalue weighted by Crippen LogP contribution is 2.66. The molecule has 0 aromatic heterocycles. The van der Waals surface area contributed by atoms with Crippen LogP contribution in [0.15, 0.2) is 36.5 Å². The standard InChI is InChI=1S/C43H74B2O6/c1-5-7-8-17-20-41(46)50-40-24-23-38-37-22-21-33-30-35(25-27-42(33,3)39(37)26-28-43(38,40)4)49-34(6-2)19-16-14-12-10-9-11-13-15-18-29-47-31-36(51-45)32-48-44/h6,16,19,30,34-40H,2,5,7-15,17-18,20-29,31-32,44-45H2,1,3-4H3/b19-16-/t34?,35?,36?,37-,38-,39-,40-,42-,43-/m0/s1. The Morgan fingerprint density at radius 1 is 0.922 bits per heavy atom. The van der Waals surface area contributed by atoms with Crippen LogP contribution in [0, 0.1) is 28.6 Å². The monoisotopic (exact) mass is 709 g/mol. The molecule has 4 rings (SSSR count). The zero-order valence-corrected chi connectivity index (χ0v) is 33.5. The Bertz CT molecular complexity index is 1100. The molecule has 0 aromatic rings. The molecule has 0 N–H and O–H groups in total. The van der Waals surface area contributed by atoms with Gasteiger partial charge < -0.3 is 23.5 Å². The highest BCUT2D eigenvalue weighted by atomic mass is 16.5. The van der Waals surface area contributed by atoms with Gasteiger partial charge in [0.05, 0.1) is 31.5 Å². The molecule has 0 saturated heterocycles. The van der Waals surface area contributed by atoms with Crippen LogP contribution in [-0.4, -0.2) is 66.3 Å². The second-order valence-corrected chi connectivity index (χ2v) is 16.9. The average Bonchev–Trinajstić information content (AvgIpc) is 3.46. The molecule has 0 radical (unpaired) electrons. The van der Waals surface area contributed by atoms with Crippen LogP contribution >= 0.6 is 0 Å². The fourth-order valence-corrected chi connectivity index (χ4v) is 10.4. The number of esters is 1. The first kappa shape index (κ1) is 42.4. The van der Waals surface area contributed by atoms with E-state index in [9.17, 15) is 4.79 Å². The number of hydrogen-bond acceptors (Lipinski definition) is 6.